The van der Waals surface area contributed by atoms with Crippen LogP contribution in [0.3, 0.4) is 0 Å². The number of nitrogens with zero attached hydrogens (tertiary/aromatic N) is 5. The summed E-state index contributed by atoms with van der Waals surface area (Å²) in [6.07, 6.45) is 8.72. The molecule has 3 aliphatic rings. The highest BCUT2D eigenvalue weighted by Gasteiger charge is 2.34. The fourth-order valence-corrected chi connectivity index (χ4v) is 7.55. The van der Waals surface area contributed by atoms with E-state index >= 15 is 0 Å². The summed E-state index contributed by atoms with van der Waals surface area (Å²) in [6, 6.07) is 11.2. The van der Waals surface area contributed by atoms with Crippen LogP contribution in [-0.2, 0) is 42.4 Å². The van der Waals surface area contributed by atoms with Crippen LogP contribution in [0.25, 0.3) is 0 Å². The zero-order valence-electron chi connectivity index (χ0n) is 24.3. The Hall–Kier alpha value is -3.41. The standard InChI is InChI=1S/C31H38N6O4S/c1-35(2)42(40,41)37-27-16-6-5-14-25(27)34-28(37)20-32-26-15-9-10-21-17-18-22(33-29(21)26)11-7-8-19-36-30(38)23-12-3-4-13-24(23)31(36)39/h3-4,12-13,17-18,26,32H,5-11,14-16,19-20H2,1-2H3. The lowest BCUT2D eigenvalue weighted by Crippen LogP contribution is -2.34. The summed E-state index contributed by atoms with van der Waals surface area (Å²) in [6.45, 7) is 0.740. The van der Waals surface area contributed by atoms with Crippen molar-refractivity contribution in [1.82, 2.24) is 28.5 Å². The number of hydrogen-bond acceptors (Lipinski definition) is 7. The molecule has 2 amide bonds. The van der Waals surface area contributed by atoms with E-state index in [9.17, 15) is 18.0 Å². The first-order valence-corrected chi connectivity index (χ1v) is 16.3. The van der Waals surface area contributed by atoms with Crippen LogP contribution in [0.4, 0.5) is 0 Å². The maximum absolute atomic E-state index is 13.3. The Morgan fingerprint density at radius 1 is 0.929 bits per heavy atom. The lowest BCUT2D eigenvalue weighted by Gasteiger charge is -2.26. The van der Waals surface area contributed by atoms with Gasteiger partial charge in [0.15, 0.2) is 0 Å². The molecule has 42 heavy (non-hydrogen) atoms. The molecular weight excluding hydrogens is 552 g/mol. The van der Waals surface area contributed by atoms with E-state index in [0.29, 0.717) is 36.5 Å². The zero-order chi connectivity index (χ0) is 29.4. The first kappa shape index (κ1) is 28.7. The highest BCUT2D eigenvalue weighted by molar-refractivity contribution is 7.87. The maximum atomic E-state index is 13.3. The van der Waals surface area contributed by atoms with Crippen LogP contribution in [0.1, 0.15) is 99.4 Å². The smallest absolute Gasteiger partial charge is 0.302 e. The minimum absolute atomic E-state index is 0.0104. The van der Waals surface area contributed by atoms with Crippen LogP contribution in [0.5, 0.6) is 0 Å². The minimum atomic E-state index is -3.68. The van der Waals surface area contributed by atoms with Crippen molar-refractivity contribution < 1.29 is 18.0 Å². The van der Waals surface area contributed by atoms with Crippen LogP contribution in [-0.4, -0.2) is 64.0 Å². The molecule has 2 aliphatic carbocycles. The summed E-state index contributed by atoms with van der Waals surface area (Å²) in [4.78, 5) is 36.5. The summed E-state index contributed by atoms with van der Waals surface area (Å²) in [5, 5.41) is 3.59. The van der Waals surface area contributed by atoms with Crippen molar-refractivity contribution in [3.05, 3.63) is 81.7 Å². The number of rotatable bonds is 10. The summed E-state index contributed by atoms with van der Waals surface area (Å²) >= 11 is 0. The van der Waals surface area contributed by atoms with Gasteiger partial charge in [0.05, 0.1) is 40.8 Å². The third-order valence-corrected chi connectivity index (χ3v) is 10.4. The monoisotopic (exact) mass is 590 g/mol. The highest BCUT2D eigenvalue weighted by Crippen LogP contribution is 2.30. The molecular formula is C31H38N6O4S. The summed E-state index contributed by atoms with van der Waals surface area (Å²) in [5.41, 5.74) is 5.91. The van der Waals surface area contributed by atoms with Gasteiger partial charge in [0.1, 0.15) is 5.82 Å². The minimum Gasteiger partial charge on any atom is -0.302 e. The molecule has 0 saturated heterocycles. The highest BCUT2D eigenvalue weighted by atomic mass is 32.2. The molecule has 1 aromatic carbocycles. The molecule has 3 heterocycles. The first-order chi connectivity index (χ1) is 20.3. The van der Waals surface area contributed by atoms with Crippen molar-refractivity contribution in [2.75, 3.05) is 20.6 Å². The maximum Gasteiger partial charge on any atom is 0.308 e. The normalized spacial score (nSPS) is 18.4. The van der Waals surface area contributed by atoms with Crippen LogP contribution in [0, 0.1) is 0 Å². The van der Waals surface area contributed by atoms with Crippen LogP contribution in [0.15, 0.2) is 36.4 Å². The number of imidazole rings is 1. The van der Waals surface area contributed by atoms with E-state index in [1.54, 1.807) is 38.4 Å². The van der Waals surface area contributed by atoms with Gasteiger partial charge in [-0.25, -0.2) is 8.96 Å². The zero-order valence-corrected chi connectivity index (χ0v) is 25.1. The SMILES string of the molecule is CN(C)S(=O)(=O)n1c(CNC2CCCc3ccc(CCCCN4C(=O)c5ccccc5C4=O)nc32)nc2c1CCCC2. The average molecular weight is 591 g/mol. The topological polar surface area (TPSA) is 118 Å². The second-order valence-corrected chi connectivity index (χ2v) is 13.6. The molecule has 11 heteroatoms. The molecule has 0 saturated carbocycles. The predicted octanol–water partition coefficient (Wildman–Crippen LogP) is 3.60. The van der Waals surface area contributed by atoms with Crippen molar-refractivity contribution in [2.45, 2.75) is 76.8 Å². The van der Waals surface area contributed by atoms with Gasteiger partial charge in [0.2, 0.25) is 0 Å². The predicted molar refractivity (Wildman–Crippen MR) is 158 cm³/mol. The number of aryl methyl sites for hydroxylation is 3. The van der Waals surface area contributed by atoms with Crippen LogP contribution < -0.4 is 5.32 Å². The molecule has 0 radical (unpaired) electrons. The number of aromatic nitrogens is 3. The Morgan fingerprint density at radius 3 is 2.40 bits per heavy atom. The third-order valence-electron chi connectivity index (χ3n) is 8.63. The van der Waals surface area contributed by atoms with Gasteiger partial charge in [-0.05, 0) is 88.0 Å². The van der Waals surface area contributed by atoms with Gasteiger partial charge in [-0.2, -0.15) is 12.7 Å². The quantitative estimate of drug-likeness (QED) is 0.283. The first-order valence-electron chi connectivity index (χ1n) is 15.0. The van der Waals surface area contributed by atoms with Crippen molar-refractivity contribution >= 4 is 22.0 Å². The Kier molecular flexibility index (Phi) is 7.99. The third kappa shape index (κ3) is 5.29. The fraction of sp³-hybridized carbons (Fsp3) is 0.484. The van der Waals surface area contributed by atoms with E-state index in [2.05, 4.69) is 17.4 Å². The molecule has 1 atom stereocenters. The molecule has 0 fully saturated rings. The Bertz CT molecular complexity index is 1590. The number of benzene rings is 1. The molecule has 1 N–H and O–H groups in total. The van der Waals surface area contributed by atoms with E-state index in [1.165, 1.54) is 18.7 Å². The lowest BCUT2D eigenvalue weighted by molar-refractivity contribution is 0.0651. The second kappa shape index (κ2) is 11.7. The van der Waals surface area contributed by atoms with Crippen molar-refractivity contribution in [1.29, 1.82) is 0 Å². The summed E-state index contributed by atoms with van der Waals surface area (Å²) in [5.74, 6) is 0.111. The number of imide groups is 1. The van der Waals surface area contributed by atoms with Gasteiger partial charge in [0.25, 0.3) is 11.8 Å². The number of nitrogens with one attached hydrogen (secondary N) is 1. The lowest BCUT2D eigenvalue weighted by atomic mass is 9.91. The average Bonchev–Trinajstić information content (AvgIpc) is 3.49. The number of carbonyl (C=O) groups is 2. The number of hydrogen-bond donors (Lipinski definition) is 1. The van der Waals surface area contributed by atoms with E-state index in [1.807, 2.05) is 0 Å². The van der Waals surface area contributed by atoms with Gasteiger partial charge in [-0.3, -0.25) is 19.5 Å². The number of amides is 2. The number of carbonyl (C=O) groups excluding carboxylic acids is 2. The van der Waals surface area contributed by atoms with Gasteiger partial charge < -0.3 is 5.32 Å². The van der Waals surface area contributed by atoms with E-state index in [-0.39, 0.29) is 17.9 Å². The molecule has 0 bridgehead atoms. The van der Waals surface area contributed by atoms with Gasteiger partial charge in [-0.15, -0.1) is 0 Å². The van der Waals surface area contributed by atoms with E-state index in [4.69, 9.17) is 9.97 Å². The molecule has 2 aromatic heterocycles. The molecule has 1 unspecified atom stereocenters. The van der Waals surface area contributed by atoms with Crippen LogP contribution in [0.2, 0.25) is 0 Å². The molecule has 0 spiro atoms. The van der Waals surface area contributed by atoms with Crippen molar-refractivity contribution in [3.8, 4) is 0 Å². The largest absolute Gasteiger partial charge is 0.308 e. The molecule has 3 aromatic rings. The summed E-state index contributed by atoms with van der Waals surface area (Å²) < 4.78 is 29.2. The van der Waals surface area contributed by atoms with E-state index in [0.717, 1.165) is 80.6 Å². The Labute approximate surface area is 247 Å². The molecule has 10 nitrogen and oxygen atoms in total. The fourth-order valence-electron chi connectivity index (χ4n) is 6.38. The van der Waals surface area contributed by atoms with Crippen molar-refractivity contribution in [3.63, 3.8) is 0 Å². The number of unbranched alkanes of at least 4 members (excludes halogenated alkanes) is 1. The van der Waals surface area contributed by atoms with Gasteiger partial charge in [-0.1, -0.05) is 18.2 Å². The molecule has 222 valence electrons. The van der Waals surface area contributed by atoms with Crippen molar-refractivity contribution in [2.24, 2.45) is 0 Å². The van der Waals surface area contributed by atoms with Gasteiger partial charge >= 0.3 is 10.2 Å². The molecule has 6 rings (SSSR count). The Balaban J connectivity index is 1.11. The van der Waals surface area contributed by atoms with E-state index < -0.39 is 10.2 Å². The van der Waals surface area contributed by atoms with Gasteiger partial charge in [0, 0.05) is 26.3 Å². The number of pyridine rings is 1. The second-order valence-electron chi connectivity index (χ2n) is 11.6. The van der Waals surface area contributed by atoms with Crippen LogP contribution >= 0.6 is 0 Å². The Morgan fingerprint density at radius 2 is 1.67 bits per heavy atom. The number of fused-ring (bicyclic) bond motifs is 3. The summed E-state index contributed by atoms with van der Waals surface area (Å²) in [7, 11) is -0.561. The molecule has 1 aliphatic heterocycles.